The maximum absolute atomic E-state index is 4.68. The van der Waals surface area contributed by atoms with Gasteiger partial charge in [-0.3, -0.25) is 4.90 Å². The predicted molar refractivity (Wildman–Crippen MR) is 89.2 cm³/mol. The minimum absolute atomic E-state index is 0.329. The summed E-state index contributed by atoms with van der Waals surface area (Å²) >= 11 is 1.89. The Bertz CT molecular complexity index is 787. The summed E-state index contributed by atoms with van der Waals surface area (Å²) in [6.07, 6.45) is 5.30. The lowest BCUT2D eigenvalue weighted by molar-refractivity contribution is 0.156. The first-order valence-corrected chi connectivity index (χ1v) is 8.68. The second-order valence-electron chi connectivity index (χ2n) is 6.01. The Labute approximate surface area is 139 Å². The second kappa shape index (κ2) is 5.90. The molecule has 23 heavy (non-hydrogen) atoms. The largest absolute Gasteiger partial charge is 0.328 e. The summed E-state index contributed by atoms with van der Waals surface area (Å²) in [5, 5.41) is 4.19. The van der Waals surface area contributed by atoms with E-state index >= 15 is 0 Å². The quantitative estimate of drug-likeness (QED) is 0.738. The van der Waals surface area contributed by atoms with Crippen molar-refractivity contribution in [1.29, 1.82) is 0 Å². The highest BCUT2D eigenvalue weighted by molar-refractivity contribution is 7.11. The van der Waals surface area contributed by atoms with Gasteiger partial charge >= 0.3 is 0 Å². The van der Waals surface area contributed by atoms with Gasteiger partial charge in [-0.05, 0) is 26.0 Å². The summed E-state index contributed by atoms with van der Waals surface area (Å²) in [4.78, 5) is 14.0. The summed E-state index contributed by atoms with van der Waals surface area (Å²) in [5.74, 6) is 1.15. The van der Waals surface area contributed by atoms with Crippen LogP contribution < -0.4 is 0 Å². The van der Waals surface area contributed by atoms with E-state index in [4.69, 9.17) is 0 Å². The summed E-state index contributed by atoms with van der Waals surface area (Å²) in [7, 11) is 0. The maximum atomic E-state index is 4.68. The Morgan fingerprint density at radius 2 is 2.17 bits per heavy atom. The van der Waals surface area contributed by atoms with Crippen molar-refractivity contribution in [2.45, 2.75) is 39.5 Å². The lowest BCUT2D eigenvalue weighted by Crippen LogP contribution is -2.37. The Kier molecular flexibility index (Phi) is 3.74. The molecule has 0 radical (unpaired) electrons. The first-order valence-electron chi connectivity index (χ1n) is 7.87. The number of aryl methyl sites for hydroxylation is 1. The van der Waals surface area contributed by atoms with Crippen LogP contribution >= 0.6 is 11.3 Å². The van der Waals surface area contributed by atoms with E-state index in [0.717, 1.165) is 32.0 Å². The Morgan fingerprint density at radius 1 is 1.26 bits per heavy atom. The maximum Gasteiger partial charge on any atom is 0.137 e. The number of hydrogen-bond donors (Lipinski definition) is 0. The molecule has 0 saturated carbocycles. The third-order valence-electron chi connectivity index (χ3n) is 4.45. The van der Waals surface area contributed by atoms with Gasteiger partial charge in [0.1, 0.15) is 18.5 Å². The molecule has 0 bridgehead atoms. The molecule has 6 nitrogen and oxygen atoms in total. The molecule has 1 atom stereocenters. The summed E-state index contributed by atoms with van der Waals surface area (Å²) < 4.78 is 4.18. The van der Waals surface area contributed by atoms with Gasteiger partial charge in [0.05, 0.1) is 24.5 Å². The van der Waals surface area contributed by atoms with Crippen LogP contribution in [0.1, 0.15) is 34.2 Å². The molecule has 0 aromatic carbocycles. The molecule has 0 N–H and O–H groups in total. The highest BCUT2D eigenvalue weighted by Gasteiger charge is 2.27. The first-order chi connectivity index (χ1) is 11.2. The van der Waals surface area contributed by atoms with E-state index in [2.05, 4.69) is 50.5 Å². The number of rotatable bonds is 4. The topological polar surface area (TPSA) is 51.8 Å². The standard InChI is InChI=1S/C16H20N6S/c1-12-3-4-15(23-12)9-20-5-6-22-14(7-18-16(22)13(20)2)8-21-11-17-10-19-21/h3-4,7,10-11,13H,5-6,8-9H2,1-2H3/t13-/m0/s1. The Hall–Kier alpha value is -1.99. The average molecular weight is 328 g/mol. The number of fused-ring (bicyclic) bond motifs is 1. The van der Waals surface area contributed by atoms with Crippen molar-refractivity contribution < 1.29 is 0 Å². The molecule has 7 heteroatoms. The van der Waals surface area contributed by atoms with Gasteiger partial charge in [-0.1, -0.05) is 0 Å². The van der Waals surface area contributed by atoms with Gasteiger partial charge in [0.15, 0.2) is 0 Å². The third kappa shape index (κ3) is 2.82. The zero-order valence-corrected chi connectivity index (χ0v) is 14.2. The fraction of sp³-hybridized carbons (Fsp3) is 0.438. The minimum atomic E-state index is 0.329. The molecule has 0 saturated heterocycles. The zero-order valence-electron chi connectivity index (χ0n) is 13.4. The monoisotopic (exact) mass is 328 g/mol. The Balaban J connectivity index is 1.53. The second-order valence-corrected chi connectivity index (χ2v) is 7.38. The summed E-state index contributed by atoms with van der Waals surface area (Å²) in [6.45, 7) is 8.17. The van der Waals surface area contributed by atoms with Crippen molar-refractivity contribution >= 4 is 11.3 Å². The van der Waals surface area contributed by atoms with E-state index in [1.54, 1.807) is 12.7 Å². The minimum Gasteiger partial charge on any atom is -0.328 e. The van der Waals surface area contributed by atoms with Crippen LogP contribution in [0.2, 0.25) is 0 Å². The molecule has 0 fully saturated rings. The van der Waals surface area contributed by atoms with Crippen LogP contribution in [-0.2, 0) is 19.6 Å². The van der Waals surface area contributed by atoms with Crippen LogP contribution in [0.25, 0.3) is 0 Å². The highest BCUT2D eigenvalue weighted by atomic mass is 32.1. The van der Waals surface area contributed by atoms with Crippen LogP contribution in [0.3, 0.4) is 0 Å². The SMILES string of the molecule is Cc1ccc(CN2CCn3c(Cn4cncn4)cnc3[C@@H]2C)s1. The van der Waals surface area contributed by atoms with Crippen molar-refractivity contribution in [3.63, 3.8) is 0 Å². The molecule has 0 amide bonds. The van der Waals surface area contributed by atoms with Gasteiger partial charge in [0.2, 0.25) is 0 Å². The van der Waals surface area contributed by atoms with Gasteiger partial charge in [0, 0.05) is 29.4 Å². The molecule has 0 spiro atoms. The number of thiophene rings is 1. The van der Waals surface area contributed by atoms with Gasteiger partial charge in [-0.2, -0.15) is 5.10 Å². The van der Waals surface area contributed by atoms with E-state index in [1.165, 1.54) is 15.4 Å². The summed E-state index contributed by atoms with van der Waals surface area (Å²) in [5.41, 5.74) is 1.20. The smallest absolute Gasteiger partial charge is 0.137 e. The molecule has 1 aliphatic rings. The van der Waals surface area contributed by atoms with Crippen molar-refractivity contribution in [3.8, 4) is 0 Å². The van der Waals surface area contributed by atoms with Gasteiger partial charge in [-0.15, -0.1) is 11.3 Å². The fourth-order valence-electron chi connectivity index (χ4n) is 3.20. The predicted octanol–water partition coefficient (Wildman–Crippen LogP) is 2.47. The van der Waals surface area contributed by atoms with Crippen molar-refractivity contribution in [2.24, 2.45) is 0 Å². The molecule has 3 aromatic rings. The summed E-state index contributed by atoms with van der Waals surface area (Å²) in [6, 6.07) is 4.77. The number of imidazole rings is 1. The molecule has 4 rings (SSSR count). The van der Waals surface area contributed by atoms with Crippen LogP contribution in [-0.4, -0.2) is 35.8 Å². The van der Waals surface area contributed by atoms with Crippen molar-refractivity contribution in [1.82, 2.24) is 29.2 Å². The normalized spacial score (nSPS) is 18.3. The van der Waals surface area contributed by atoms with Crippen molar-refractivity contribution in [2.75, 3.05) is 6.54 Å². The number of hydrogen-bond acceptors (Lipinski definition) is 5. The van der Waals surface area contributed by atoms with Crippen molar-refractivity contribution in [3.05, 3.63) is 52.3 Å². The van der Waals surface area contributed by atoms with E-state index < -0.39 is 0 Å². The van der Waals surface area contributed by atoms with Crippen LogP contribution in [0.5, 0.6) is 0 Å². The molecule has 120 valence electrons. The Morgan fingerprint density at radius 3 is 2.91 bits per heavy atom. The zero-order chi connectivity index (χ0) is 15.8. The average Bonchev–Trinajstić information content (AvgIpc) is 3.25. The van der Waals surface area contributed by atoms with E-state index in [0.29, 0.717) is 6.04 Å². The number of aromatic nitrogens is 5. The molecular formula is C16H20N6S. The molecule has 4 heterocycles. The first kappa shape index (κ1) is 14.6. The van der Waals surface area contributed by atoms with E-state index in [1.807, 2.05) is 22.2 Å². The van der Waals surface area contributed by atoms with E-state index in [9.17, 15) is 0 Å². The lowest BCUT2D eigenvalue weighted by atomic mass is 10.2. The molecule has 1 aliphatic heterocycles. The number of nitrogens with zero attached hydrogens (tertiary/aromatic N) is 6. The molecular weight excluding hydrogens is 308 g/mol. The third-order valence-corrected chi connectivity index (χ3v) is 5.43. The van der Waals surface area contributed by atoms with E-state index in [-0.39, 0.29) is 0 Å². The van der Waals surface area contributed by atoms with Crippen LogP contribution in [0.15, 0.2) is 31.0 Å². The van der Waals surface area contributed by atoms with Gasteiger partial charge < -0.3 is 4.57 Å². The van der Waals surface area contributed by atoms with Gasteiger partial charge in [0.25, 0.3) is 0 Å². The van der Waals surface area contributed by atoms with Crippen LogP contribution in [0, 0.1) is 6.92 Å². The molecule has 3 aromatic heterocycles. The molecule has 0 unspecified atom stereocenters. The highest BCUT2D eigenvalue weighted by Crippen LogP contribution is 2.28. The lowest BCUT2D eigenvalue weighted by Gasteiger charge is -2.34. The van der Waals surface area contributed by atoms with Crippen LogP contribution in [0.4, 0.5) is 0 Å². The van der Waals surface area contributed by atoms with Gasteiger partial charge in [-0.25, -0.2) is 14.6 Å². The fourth-order valence-corrected chi connectivity index (χ4v) is 4.11. The molecule has 0 aliphatic carbocycles.